The van der Waals surface area contributed by atoms with Crippen molar-refractivity contribution in [3.63, 3.8) is 0 Å². The number of fused-ring (bicyclic) bond motifs is 1. The second-order valence-corrected chi connectivity index (χ2v) is 5.48. The maximum atomic E-state index is 12.3. The Labute approximate surface area is 121 Å². The summed E-state index contributed by atoms with van der Waals surface area (Å²) in [6.07, 6.45) is 3.83. The number of carboxylic acid groups (broad SMARTS) is 1. The molecule has 110 valence electrons. The number of nitrogens with one attached hydrogen (secondary N) is 1. The fourth-order valence-corrected chi connectivity index (χ4v) is 2.93. The zero-order chi connectivity index (χ0) is 15.0. The Balaban J connectivity index is 1.81. The SMILES string of the molecule is Cc1cccc2nc(C(=O)N[C@@H]3CCC[C@@H]3C(=O)O)cn12. The van der Waals surface area contributed by atoms with E-state index in [1.54, 1.807) is 6.20 Å². The minimum atomic E-state index is -0.844. The first kappa shape index (κ1) is 13.6. The Morgan fingerprint density at radius 1 is 1.38 bits per heavy atom. The van der Waals surface area contributed by atoms with Crippen LogP contribution in [-0.4, -0.2) is 32.4 Å². The van der Waals surface area contributed by atoms with Crippen molar-refractivity contribution in [1.82, 2.24) is 14.7 Å². The van der Waals surface area contributed by atoms with Crippen LogP contribution in [0, 0.1) is 12.8 Å². The molecule has 3 rings (SSSR count). The Morgan fingerprint density at radius 3 is 2.90 bits per heavy atom. The van der Waals surface area contributed by atoms with Gasteiger partial charge in [0.2, 0.25) is 0 Å². The molecular formula is C15H17N3O3. The number of imidazole rings is 1. The fraction of sp³-hybridized carbons (Fsp3) is 0.400. The van der Waals surface area contributed by atoms with Gasteiger partial charge in [0.15, 0.2) is 0 Å². The van der Waals surface area contributed by atoms with Gasteiger partial charge in [0.25, 0.3) is 5.91 Å². The highest BCUT2D eigenvalue weighted by atomic mass is 16.4. The lowest BCUT2D eigenvalue weighted by atomic mass is 10.0. The molecular weight excluding hydrogens is 270 g/mol. The van der Waals surface area contributed by atoms with E-state index in [9.17, 15) is 9.59 Å². The van der Waals surface area contributed by atoms with Gasteiger partial charge in [-0.2, -0.15) is 0 Å². The molecule has 2 heterocycles. The van der Waals surface area contributed by atoms with Crippen LogP contribution in [0.15, 0.2) is 24.4 Å². The first-order valence-corrected chi connectivity index (χ1v) is 7.04. The highest BCUT2D eigenvalue weighted by molar-refractivity contribution is 5.93. The summed E-state index contributed by atoms with van der Waals surface area (Å²) in [4.78, 5) is 27.7. The molecule has 2 atom stereocenters. The van der Waals surface area contributed by atoms with Gasteiger partial charge in [0.1, 0.15) is 11.3 Å². The smallest absolute Gasteiger partial charge is 0.308 e. The number of amides is 1. The third kappa shape index (κ3) is 2.49. The first-order valence-electron chi connectivity index (χ1n) is 7.04. The maximum absolute atomic E-state index is 12.3. The zero-order valence-corrected chi connectivity index (χ0v) is 11.7. The summed E-state index contributed by atoms with van der Waals surface area (Å²) in [6, 6.07) is 5.35. The average molecular weight is 287 g/mol. The molecule has 1 saturated carbocycles. The van der Waals surface area contributed by atoms with E-state index >= 15 is 0 Å². The molecule has 0 bridgehead atoms. The van der Waals surface area contributed by atoms with Crippen molar-refractivity contribution in [3.05, 3.63) is 35.8 Å². The number of carboxylic acids is 1. The predicted molar refractivity (Wildman–Crippen MR) is 76.2 cm³/mol. The number of aromatic nitrogens is 2. The average Bonchev–Trinajstić information content (AvgIpc) is 3.05. The van der Waals surface area contributed by atoms with Gasteiger partial charge >= 0.3 is 5.97 Å². The molecule has 0 saturated heterocycles. The Hall–Kier alpha value is -2.37. The third-order valence-electron chi connectivity index (χ3n) is 4.08. The molecule has 6 heteroatoms. The lowest BCUT2D eigenvalue weighted by molar-refractivity contribution is -0.142. The van der Waals surface area contributed by atoms with Crippen molar-refractivity contribution in [2.75, 3.05) is 0 Å². The van der Waals surface area contributed by atoms with E-state index in [1.165, 1.54) is 0 Å². The number of pyridine rings is 1. The van der Waals surface area contributed by atoms with Gasteiger partial charge in [-0.15, -0.1) is 0 Å². The van der Waals surface area contributed by atoms with E-state index in [0.717, 1.165) is 12.1 Å². The number of hydrogen-bond donors (Lipinski definition) is 2. The van der Waals surface area contributed by atoms with Crippen molar-refractivity contribution in [1.29, 1.82) is 0 Å². The molecule has 21 heavy (non-hydrogen) atoms. The summed E-state index contributed by atoms with van der Waals surface area (Å²) in [6.45, 7) is 1.94. The highest BCUT2D eigenvalue weighted by Gasteiger charge is 2.34. The largest absolute Gasteiger partial charge is 0.481 e. The summed E-state index contributed by atoms with van der Waals surface area (Å²) < 4.78 is 1.85. The summed E-state index contributed by atoms with van der Waals surface area (Å²) in [5.41, 5.74) is 2.02. The Morgan fingerprint density at radius 2 is 2.19 bits per heavy atom. The molecule has 0 spiro atoms. The van der Waals surface area contributed by atoms with Crippen LogP contribution in [0.5, 0.6) is 0 Å². The van der Waals surface area contributed by atoms with Crippen LogP contribution in [-0.2, 0) is 4.79 Å². The highest BCUT2D eigenvalue weighted by Crippen LogP contribution is 2.26. The van der Waals surface area contributed by atoms with Crippen LogP contribution in [0.1, 0.15) is 35.4 Å². The Bertz CT molecular complexity index is 707. The summed E-state index contributed by atoms with van der Waals surface area (Å²) in [5.74, 6) is -1.65. The van der Waals surface area contributed by atoms with Crippen molar-refractivity contribution in [3.8, 4) is 0 Å². The second kappa shape index (κ2) is 5.20. The van der Waals surface area contributed by atoms with E-state index in [2.05, 4.69) is 10.3 Å². The monoisotopic (exact) mass is 287 g/mol. The van der Waals surface area contributed by atoms with E-state index in [0.29, 0.717) is 24.2 Å². The van der Waals surface area contributed by atoms with Crippen LogP contribution in [0.2, 0.25) is 0 Å². The molecule has 1 amide bonds. The summed E-state index contributed by atoms with van der Waals surface area (Å²) >= 11 is 0. The van der Waals surface area contributed by atoms with Crippen LogP contribution in [0.4, 0.5) is 0 Å². The molecule has 1 fully saturated rings. The topological polar surface area (TPSA) is 83.7 Å². The van der Waals surface area contributed by atoms with Gasteiger partial charge in [0, 0.05) is 17.9 Å². The van der Waals surface area contributed by atoms with Gasteiger partial charge in [-0.05, 0) is 31.9 Å². The van der Waals surface area contributed by atoms with Crippen LogP contribution >= 0.6 is 0 Å². The number of carbonyl (C=O) groups is 2. The summed E-state index contributed by atoms with van der Waals surface area (Å²) in [7, 11) is 0. The van der Waals surface area contributed by atoms with Crippen molar-refractivity contribution >= 4 is 17.5 Å². The number of aryl methyl sites for hydroxylation is 1. The molecule has 2 aromatic rings. The standard InChI is InChI=1S/C15H17N3O3/c1-9-4-2-7-13-16-12(8-18(9)13)14(19)17-11-6-3-5-10(11)15(20)21/h2,4,7-8,10-11H,3,5-6H2,1H3,(H,17,19)(H,20,21)/t10-,11+/m0/s1. The molecule has 1 aliphatic rings. The van der Waals surface area contributed by atoms with E-state index in [-0.39, 0.29) is 11.9 Å². The molecule has 6 nitrogen and oxygen atoms in total. The van der Waals surface area contributed by atoms with Gasteiger partial charge in [-0.3, -0.25) is 9.59 Å². The first-order chi connectivity index (χ1) is 10.1. The molecule has 1 aliphatic carbocycles. The minimum Gasteiger partial charge on any atom is -0.481 e. The Kier molecular flexibility index (Phi) is 3.37. The molecule has 0 radical (unpaired) electrons. The molecule has 2 N–H and O–H groups in total. The minimum absolute atomic E-state index is 0.305. The van der Waals surface area contributed by atoms with E-state index < -0.39 is 11.9 Å². The lowest BCUT2D eigenvalue weighted by Gasteiger charge is -2.16. The van der Waals surface area contributed by atoms with E-state index in [4.69, 9.17) is 5.11 Å². The van der Waals surface area contributed by atoms with Crippen LogP contribution < -0.4 is 5.32 Å². The van der Waals surface area contributed by atoms with Crippen molar-refractivity contribution in [2.45, 2.75) is 32.2 Å². The lowest BCUT2D eigenvalue weighted by Crippen LogP contribution is -2.40. The molecule has 0 unspecified atom stereocenters. The summed E-state index contributed by atoms with van der Waals surface area (Å²) in [5, 5.41) is 12.0. The number of aliphatic carboxylic acids is 1. The number of nitrogens with zero attached hydrogens (tertiary/aromatic N) is 2. The van der Waals surface area contributed by atoms with Crippen LogP contribution in [0.3, 0.4) is 0 Å². The normalized spacial score (nSPS) is 21.6. The third-order valence-corrected chi connectivity index (χ3v) is 4.08. The molecule has 0 aromatic carbocycles. The maximum Gasteiger partial charge on any atom is 0.308 e. The fourth-order valence-electron chi connectivity index (χ4n) is 2.93. The number of carbonyl (C=O) groups excluding carboxylic acids is 1. The van der Waals surface area contributed by atoms with Crippen LogP contribution in [0.25, 0.3) is 5.65 Å². The molecule has 0 aliphatic heterocycles. The van der Waals surface area contributed by atoms with Crippen molar-refractivity contribution in [2.24, 2.45) is 5.92 Å². The number of rotatable bonds is 3. The van der Waals surface area contributed by atoms with E-state index in [1.807, 2.05) is 29.5 Å². The molecule has 2 aromatic heterocycles. The quantitative estimate of drug-likeness (QED) is 0.898. The second-order valence-electron chi connectivity index (χ2n) is 5.48. The zero-order valence-electron chi connectivity index (χ0n) is 11.7. The van der Waals surface area contributed by atoms with Gasteiger partial charge in [0.05, 0.1) is 5.92 Å². The van der Waals surface area contributed by atoms with Gasteiger partial charge in [-0.1, -0.05) is 12.5 Å². The van der Waals surface area contributed by atoms with Crippen molar-refractivity contribution < 1.29 is 14.7 Å². The predicted octanol–water partition coefficient (Wildman–Crippen LogP) is 1.63. The van der Waals surface area contributed by atoms with Gasteiger partial charge < -0.3 is 14.8 Å². The van der Waals surface area contributed by atoms with Gasteiger partial charge in [-0.25, -0.2) is 4.98 Å². The number of hydrogen-bond acceptors (Lipinski definition) is 3.